The molecule has 1 aromatic heterocycles. The third-order valence-electron chi connectivity index (χ3n) is 2.81. The lowest BCUT2D eigenvalue weighted by Crippen LogP contribution is -2.37. The molecule has 1 aromatic rings. The summed E-state index contributed by atoms with van der Waals surface area (Å²) in [6, 6.07) is 1.71. The summed E-state index contributed by atoms with van der Waals surface area (Å²) >= 11 is 1.68. The topological polar surface area (TPSA) is 49.3 Å². The van der Waals surface area contributed by atoms with Gasteiger partial charge in [0.2, 0.25) is 0 Å². The van der Waals surface area contributed by atoms with E-state index in [1.807, 2.05) is 5.38 Å². The Morgan fingerprint density at radius 3 is 2.93 bits per heavy atom. The molecule has 1 unspecified atom stereocenters. The number of carboxylic acid groups (broad SMARTS) is 1. The zero-order valence-corrected chi connectivity index (χ0v) is 9.51. The summed E-state index contributed by atoms with van der Waals surface area (Å²) in [6.45, 7) is 2.73. The van der Waals surface area contributed by atoms with Crippen molar-refractivity contribution in [2.75, 3.05) is 0 Å². The second kappa shape index (κ2) is 4.33. The second-order valence-corrected chi connectivity index (χ2v) is 5.06. The first-order valence-electron chi connectivity index (χ1n) is 5.17. The van der Waals surface area contributed by atoms with Crippen molar-refractivity contribution < 1.29 is 9.90 Å². The summed E-state index contributed by atoms with van der Waals surface area (Å²) in [7, 11) is 0. The first-order chi connectivity index (χ1) is 7.18. The lowest BCUT2D eigenvalue weighted by Gasteiger charge is -2.12. The Morgan fingerprint density at radius 1 is 1.73 bits per heavy atom. The Hall–Kier alpha value is -0.870. The van der Waals surface area contributed by atoms with Crippen LogP contribution in [-0.2, 0) is 11.3 Å². The van der Waals surface area contributed by atoms with E-state index >= 15 is 0 Å². The van der Waals surface area contributed by atoms with Crippen LogP contribution in [0.25, 0.3) is 0 Å². The largest absolute Gasteiger partial charge is 0.480 e. The van der Waals surface area contributed by atoms with Crippen LogP contribution in [0.4, 0.5) is 0 Å². The van der Waals surface area contributed by atoms with Gasteiger partial charge in [0.05, 0.1) is 0 Å². The van der Waals surface area contributed by atoms with Crippen molar-refractivity contribution in [2.45, 2.75) is 32.4 Å². The van der Waals surface area contributed by atoms with Crippen molar-refractivity contribution in [1.29, 1.82) is 0 Å². The van der Waals surface area contributed by atoms with Crippen LogP contribution < -0.4 is 5.32 Å². The van der Waals surface area contributed by atoms with Crippen molar-refractivity contribution in [1.82, 2.24) is 5.32 Å². The first-order valence-corrected chi connectivity index (χ1v) is 6.05. The van der Waals surface area contributed by atoms with Gasteiger partial charge in [-0.05, 0) is 42.7 Å². The van der Waals surface area contributed by atoms with Crippen molar-refractivity contribution in [3.05, 3.63) is 21.9 Å². The molecule has 1 fully saturated rings. The number of carboxylic acids is 1. The number of rotatable bonds is 5. The molecule has 4 heteroatoms. The fraction of sp³-hybridized carbons (Fsp3) is 0.545. The number of carbonyl (C=O) groups is 1. The van der Waals surface area contributed by atoms with E-state index in [0.29, 0.717) is 12.5 Å². The highest BCUT2D eigenvalue weighted by Gasteiger charge is 2.35. The molecular formula is C11H15NO2S. The van der Waals surface area contributed by atoms with Crippen LogP contribution in [-0.4, -0.2) is 17.1 Å². The molecule has 0 aliphatic heterocycles. The van der Waals surface area contributed by atoms with Crippen LogP contribution in [0.15, 0.2) is 11.4 Å². The summed E-state index contributed by atoms with van der Waals surface area (Å²) < 4.78 is 0. The molecule has 1 heterocycles. The first kappa shape index (κ1) is 10.6. The minimum Gasteiger partial charge on any atom is -0.480 e. The Kier molecular flexibility index (Phi) is 3.07. The van der Waals surface area contributed by atoms with Crippen LogP contribution in [0.3, 0.4) is 0 Å². The van der Waals surface area contributed by atoms with E-state index in [1.165, 1.54) is 10.4 Å². The average Bonchev–Trinajstić information content (AvgIpc) is 2.92. The molecule has 1 saturated carbocycles. The molecule has 0 amide bonds. The SMILES string of the molecule is Cc1ccsc1CNC(C(=O)O)C1CC1. The van der Waals surface area contributed by atoms with Gasteiger partial charge in [0.1, 0.15) is 6.04 Å². The van der Waals surface area contributed by atoms with Gasteiger partial charge in [0.25, 0.3) is 0 Å². The van der Waals surface area contributed by atoms with Gasteiger partial charge in [-0.2, -0.15) is 0 Å². The molecule has 1 atom stereocenters. The van der Waals surface area contributed by atoms with Crippen molar-refractivity contribution in [3.63, 3.8) is 0 Å². The lowest BCUT2D eigenvalue weighted by atomic mass is 10.2. The molecule has 15 heavy (non-hydrogen) atoms. The van der Waals surface area contributed by atoms with Gasteiger partial charge in [-0.25, -0.2) is 0 Å². The van der Waals surface area contributed by atoms with Crippen LogP contribution in [0, 0.1) is 12.8 Å². The van der Waals surface area contributed by atoms with Gasteiger partial charge in [-0.15, -0.1) is 11.3 Å². The molecule has 1 aliphatic rings. The number of aliphatic carboxylic acids is 1. The van der Waals surface area contributed by atoms with Crippen molar-refractivity contribution >= 4 is 17.3 Å². The van der Waals surface area contributed by atoms with E-state index in [4.69, 9.17) is 5.11 Å². The van der Waals surface area contributed by atoms with E-state index in [9.17, 15) is 4.79 Å². The minimum absolute atomic E-state index is 0.350. The van der Waals surface area contributed by atoms with E-state index in [0.717, 1.165) is 12.8 Å². The third-order valence-corrected chi connectivity index (χ3v) is 3.83. The Balaban J connectivity index is 1.91. The predicted molar refractivity (Wildman–Crippen MR) is 60.0 cm³/mol. The maximum atomic E-state index is 11.0. The maximum Gasteiger partial charge on any atom is 0.320 e. The van der Waals surface area contributed by atoms with Crippen LogP contribution in [0.1, 0.15) is 23.3 Å². The van der Waals surface area contributed by atoms with Crippen molar-refractivity contribution in [3.8, 4) is 0 Å². The van der Waals surface area contributed by atoms with Gasteiger partial charge in [-0.3, -0.25) is 10.1 Å². The molecule has 0 aromatic carbocycles. The summed E-state index contributed by atoms with van der Waals surface area (Å²) in [6.07, 6.45) is 2.10. The third kappa shape index (κ3) is 2.58. The molecule has 0 spiro atoms. The van der Waals surface area contributed by atoms with Crippen LogP contribution in [0.5, 0.6) is 0 Å². The quantitative estimate of drug-likeness (QED) is 0.806. The zero-order valence-electron chi connectivity index (χ0n) is 8.69. The molecule has 0 bridgehead atoms. The molecule has 2 rings (SSSR count). The zero-order chi connectivity index (χ0) is 10.8. The predicted octanol–water partition coefficient (Wildman–Crippen LogP) is 2.01. The van der Waals surface area contributed by atoms with E-state index in [1.54, 1.807) is 11.3 Å². The van der Waals surface area contributed by atoms with E-state index in [2.05, 4.69) is 18.3 Å². The van der Waals surface area contributed by atoms with Gasteiger partial charge in [0, 0.05) is 11.4 Å². The summed E-state index contributed by atoms with van der Waals surface area (Å²) in [5, 5.41) is 14.2. The molecule has 0 radical (unpaired) electrons. The van der Waals surface area contributed by atoms with Gasteiger partial charge < -0.3 is 5.11 Å². The lowest BCUT2D eigenvalue weighted by molar-refractivity contribution is -0.140. The van der Waals surface area contributed by atoms with Crippen molar-refractivity contribution in [2.24, 2.45) is 5.92 Å². The van der Waals surface area contributed by atoms with Gasteiger partial charge in [-0.1, -0.05) is 0 Å². The van der Waals surface area contributed by atoms with E-state index in [-0.39, 0.29) is 6.04 Å². The summed E-state index contributed by atoms with van der Waals surface area (Å²) in [4.78, 5) is 12.2. The highest BCUT2D eigenvalue weighted by Crippen LogP contribution is 2.33. The number of nitrogens with one attached hydrogen (secondary N) is 1. The Labute approximate surface area is 93.1 Å². The fourth-order valence-electron chi connectivity index (χ4n) is 1.67. The summed E-state index contributed by atoms with van der Waals surface area (Å²) in [5.41, 5.74) is 1.24. The smallest absolute Gasteiger partial charge is 0.320 e. The van der Waals surface area contributed by atoms with Gasteiger partial charge in [0.15, 0.2) is 0 Å². The number of aryl methyl sites for hydroxylation is 1. The molecular weight excluding hydrogens is 210 g/mol. The molecule has 82 valence electrons. The molecule has 2 N–H and O–H groups in total. The molecule has 3 nitrogen and oxygen atoms in total. The highest BCUT2D eigenvalue weighted by molar-refractivity contribution is 7.10. The average molecular weight is 225 g/mol. The Morgan fingerprint density at radius 2 is 2.47 bits per heavy atom. The molecule has 1 aliphatic carbocycles. The number of thiophene rings is 1. The summed E-state index contributed by atoms with van der Waals surface area (Å²) in [5.74, 6) is -0.366. The highest BCUT2D eigenvalue weighted by atomic mass is 32.1. The fourth-order valence-corrected chi connectivity index (χ4v) is 2.53. The standard InChI is InChI=1S/C11H15NO2S/c1-7-4-5-15-9(7)6-12-10(11(13)14)8-2-3-8/h4-5,8,10,12H,2-3,6H2,1H3,(H,13,14). The minimum atomic E-state index is -0.716. The Bertz CT molecular complexity index is 357. The second-order valence-electron chi connectivity index (χ2n) is 4.06. The number of hydrogen-bond acceptors (Lipinski definition) is 3. The maximum absolute atomic E-state index is 11.0. The van der Waals surface area contributed by atoms with Crippen LogP contribution in [0.2, 0.25) is 0 Å². The van der Waals surface area contributed by atoms with Crippen LogP contribution >= 0.6 is 11.3 Å². The molecule has 0 saturated heterocycles. The number of hydrogen-bond donors (Lipinski definition) is 2. The normalized spacial score (nSPS) is 17.7. The van der Waals surface area contributed by atoms with E-state index < -0.39 is 5.97 Å². The van der Waals surface area contributed by atoms with Gasteiger partial charge >= 0.3 is 5.97 Å². The monoisotopic (exact) mass is 225 g/mol.